The second-order valence-corrected chi connectivity index (χ2v) is 6.09. The molecule has 0 bridgehead atoms. The number of ether oxygens (including phenoxy) is 1. The zero-order chi connectivity index (χ0) is 19.2. The molecule has 0 atom stereocenters. The third kappa shape index (κ3) is 4.33. The molecule has 136 valence electrons. The van der Waals surface area contributed by atoms with E-state index >= 15 is 0 Å². The number of nitro benzene ring substituents is 1. The van der Waals surface area contributed by atoms with Gasteiger partial charge in [-0.25, -0.2) is 0 Å². The van der Waals surface area contributed by atoms with Crippen molar-refractivity contribution in [3.63, 3.8) is 0 Å². The summed E-state index contributed by atoms with van der Waals surface area (Å²) in [6, 6.07) is 20.0. The number of non-ortho nitro benzene ring substituents is 1. The van der Waals surface area contributed by atoms with Gasteiger partial charge in [-0.15, -0.1) is 0 Å². The molecule has 1 N–H and O–H groups in total. The van der Waals surface area contributed by atoms with E-state index in [9.17, 15) is 15.2 Å². The fraction of sp³-hybridized carbons (Fsp3) is 0.0909. The number of phenolic OH excluding ortho intramolecular Hbond substituents is 1. The van der Waals surface area contributed by atoms with Crippen LogP contribution in [-0.2, 0) is 11.2 Å². The van der Waals surface area contributed by atoms with Crippen LogP contribution < -0.4 is 0 Å². The van der Waals surface area contributed by atoms with Gasteiger partial charge in [-0.05, 0) is 41.3 Å². The first-order valence-electron chi connectivity index (χ1n) is 8.42. The van der Waals surface area contributed by atoms with E-state index in [2.05, 4.69) is 0 Å². The molecule has 0 fully saturated rings. The lowest BCUT2D eigenvalue weighted by molar-refractivity contribution is -0.384. The van der Waals surface area contributed by atoms with Crippen LogP contribution in [-0.4, -0.2) is 17.1 Å². The molecule has 5 heteroatoms. The molecule has 0 unspecified atom stereocenters. The van der Waals surface area contributed by atoms with Gasteiger partial charge in [-0.1, -0.05) is 42.5 Å². The molecule has 0 spiro atoms. The summed E-state index contributed by atoms with van der Waals surface area (Å²) in [6.45, 7) is 0. The Balaban J connectivity index is 2.11. The molecule has 0 aliphatic heterocycles. The molecule has 0 aromatic heterocycles. The van der Waals surface area contributed by atoms with Crippen molar-refractivity contribution in [2.45, 2.75) is 6.42 Å². The van der Waals surface area contributed by atoms with Gasteiger partial charge < -0.3 is 9.84 Å². The smallest absolute Gasteiger partial charge is 0.270 e. The lowest BCUT2D eigenvalue weighted by Crippen LogP contribution is -1.93. The van der Waals surface area contributed by atoms with Gasteiger partial charge in [0, 0.05) is 23.3 Å². The van der Waals surface area contributed by atoms with E-state index in [1.165, 1.54) is 25.5 Å². The molecule has 0 saturated carbocycles. The van der Waals surface area contributed by atoms with Crippen molar-refractivity contribution >= 4 is 11.8 Å². The Morgan fingerprint density at radius 1 is 1.04 bits per heavy atom. The van der Waals surface area contributed by atoms with Gasteiger partial charge in [0.15, 0.2) is 0 Å². The van der Waals surface area contributed by atoms with Crippen LogP contribution in [0.5, 0.6) is 5.75 Å². The summed E-state index contributed by atoms with van der Waals surface area (Å²) in [5.74, 6) is 0.0561. The summed E-state index contributed by atoms with van der Waals surface area (Å²) >= 11 is 0. The third-order valence-electron chi connectivity index (χ3n) is 4.20. The molecule has 0 amide bonds. The van der Waals surface area contributed by atoms with Gasteiger partial charge in [0.2, 0.25) is 0 Å². The maximum Gasteiger partial charge on any atom is 0.270 e. The molecule has 0 saturated heterocycles. The number of aromatic hydroxyl groups is 1. The molecule has 0 aliphatic rings. The van der Waals surface area contributed by atoms with Gasteiger partial charge >= 0.3 is 0 Å². The highest BCUT2D eigenvalue weighted by Gasteiger charge is 2.14. The second kappa shape index (κ2) is 8.19. The van der Waals surface area contributed by atoms with Crippen LogP contribution in [0.3, 0.4) is 0 Å². The number of methoxy groups -OCH3 is 1. The number of hydrogen-bond acceptors (Lipinski definition) is 4. The van der Waals surface area contributed by atoms with Crippen molar-refractivity contribution in [1.82, 2.24) is 0 Å². The van der Waals surface area contributed by atoms with Crippen LogP contribution in [0.25, 0.3) is 17.2 Å². The number of rotatable bonds is 6. The summed E-state index contributed by atoms with van der Waals surface area (Å²) in [4.78, 5) is 10.7. The predicted molar refractivity (Wildman–Crippen MR) is 105 cm³/mol. The first-order valence-corrected chi connectivity index (χ1v) is 8.42. The number of phenols is 1. The molecule has 5 nitrogen and oxygen atoms in total. The lowest BCUT2D eigenvalue weighted by Gasteiger charge is -2.12. The second-order valence-electron chi connectivity index (χ2n) is 6.09. The molecular formula is C22H19NO4. The Morgan fingerprint density at radius 2 is 1.81 bits per heavy atom. The van der Waals surface area contributed by atoms with Gasteiger partial charge in [0.1, 0.15) is 5.75 Å². The van der Waals surface area contributed by atoms with Gasteiger partial charge in [0.25, 0.3) is 5.69 Å². The molecule has 0 radical (unpaired) electrons. The Bertz CT molecular complexity index is 981. The minimum absolute atomic E-state index is 0.0191. The summed E-state index contributed by atoms with van der Waals surface area (Å²) in [5.41, 5.74) is 3.82. The van der Waals surface area contributed by atoms with E-state index in [1.54, 1.807) is 18.2 Å². The van der Waals surface area contributed by atoms with Crippen molar-refractivity contribution in [3.8, 4) is 16.9 Å². The SMILES string of the molecule is CO/C=C/c1cc(Cc2ccccc2)cc(-c2cccc([N+](=O)[O-])c2)c1O. The van der Waals surface area contributed by atoms with Crippen molar-refractivity contribution in [1.29, 1.82) is 0 Å². The van der Waals surface area contributed by atoms with Crippen molar-refractivity contribution < 1.29 is 14.8 Å². The quantitative estimate of drug-likeness (QED) is 0.373. The first kappa shape index (κ1) is 18.2. The Kier molecular flexibility index (Phi) is 5.52. The first-order chi connectivity index (χ1) is 13.1. The largest absolute Gasteiger partial charge is 0.507 e. The van der Waals surface area contributed by atoms with Crippen LogP contribution in [0.1, 0.15) is 16.7 Å². The van der Waals surface area contributed by atoms with Gasteiger partial charge in [-0.3, -0.25) is 10.1 Å². The van der Waals surface area contributed by atoms with Crippen molar-refractivity contribution in [2.24, 2.45) is 0 Å². The molecule has 0 aliphatic carbocycles. The fourth-order valence-electron chi connectivity index (χ4n) is 2.93. The van der Waals surface area contributed by atoms with E-state index in [1.807, 2.05) is 42.5 Å². The van der Waals surface area contributed by atoms with E-state index < -0.39 is 4.92 Å². The van der Waals surface area contributed by atoms with Crippen LogP contribution >= 0.6 is 0 Å². The summed E-state index contributed by atoms with van der Waals surface area (Å²) in [7, 11) is 1.53. The zero-order valence-corrected chi connectivity index (χ0v) is 14.8. The number of benzene rings is 3. The van der Waals surface area contributed by atoms with Crippen LogP contribution in [0.15, 0.2) is 73.0 Å². The van der Waals surface area contributed by atoms with E-state index in [0.717, 1.165) is 11.1 Å². The molecule has 27 heavy (non-hydrogen) atoms. The average molecular weight is 361 g/mol. The Labute approximate surface area is 157 Å². The highest BCUT2D eigenvalue weighted by atomic mass is 16.6. The molecule has 3 aromatic carbocycles. The summed E-state index contributed by atoms with van der Waals surface area (Å²) in [6.07, 6.45) is 3.83. The molecular weight excluding hydrogens is 342 g/mol. The van der Waals surface area contributed by atoms with E-state index in [0.29, 0.717) is 23.1 Å². The van der Waals surface area contributed by atoms with E-state index in [-0.39, 0.29) is 11.4 Å². The number of nitrogens with zero attached hydrogens (tertiary/aromatic N) is 1. The number of hydrogen-bond donors (Lipinski definition) is 1. The highest BCUT2D eigenvalue weighted by molar-refractivity contribution is 5.78. The topological polar surface area (TPSA) is 72.6 Å². The summed E-state index contributed by atoms with van der Waals surface area (Å²) in [5, 5.41) is 21.8. The lowest BCUT2D eigenvalue weighted by atomic mass is 9.95. The maximum atomic E-state index is 11.1. The highest BCUT2D eigenvalue weighted by Crippen LogP contribution is 2.36. The molecule has 3 aromatic rings. The Hall–Kier alpha value is -3.60. The predicted octanol–water partition coefficient (Wildman–Crippen LogP) is 5.18. The van der Waals surface area contributed by atoms with Gasteiger partial charge in [0.05, 0.1) is 18.3 Å². The van der Waals surface area contributed by atoms with Crippen LogP contribution in [0.2, 0.25) is 0 Å². The van der Waals surface area contributed by atoms with Crippen molar-refractivity contribution in [3.05, 3.63) is 99.8 Å². The standard InChI is InChI=1S/C22H19NO4/c1-27-11-10-19-13-17(12-16-6-3-2-4-7-16)14-21(22(19)24)18-8-5-9-20(15-18)23(25)26/h2-11,13-15,24H,12H2,1H3/b11-10+. The third-order valence-corrected chi connectivity index (χ3v) is 4.20. The molecule has 0 heterocycles. The molecule has 3 rings (SSSR count). The monoisotopic (exact) mass is 361 g/mol. The minimum Gasteiger partial charge on any atom is -0.507 e. The summed E-state index contributed by atoms with van der Waals surface area (Å²) < 4.78 is 4.97. The van der Waals surface area contributed by atoms with Crippen LogP contribution in [0, 0.1) is 10.1 Å². The minimum atomic E-state index is -0.444. The van der Waals surface area contributed by atoms with Crippen molar-refractivity contribution in [2.75, 3.05) is 7.11 Å². The van der Waals surface area contributed by atoms with E-state index in [4.69, 9.17) is 4.74 Å². The Morgan fingerprint density at radius 3 is 2.52 bits per heavy atom. The average Bonchev–Trinajstić information content (AvgIpc) is 2.69. The maximum absolute atomic E-state index is 11.1. The fourth-order valence-corrected chi connectivity index (χ4v) is 2.93. The zero-order valence-electron chi connectivity index (χ0n) is 14.8. The number of nitro groups is 1. The normalized spacial score (nSPS) is 10.9. The van der Waals surface area contributed by atoms with Gasteiger partial charge in [-0.2, -0.15) is 0 Å². The van der Waals surface area contributed by atoms with Crippen LogP contribution in [0.4, 0.5) is 5.69 Å².